The van der Waals surface area contributed by atoms with Crippen molar-refractivity contribution in [2.24, 2.45) is 0 Å². The molecule has 1 aromatic rings. The Labute approximate surface area is 132 Å². The van der Waals surface area contributed by atoms with Gasteiger partial charge in [0.05, 0.1) is 18.0 Å². The Morgan fingerprint density at radius 2 is 1.91 bits per heavy atom. The average Bonchev–Trinajstić information content (AvgIpc) is 2.93. The van der Waals surface area contributed by atoms with Crippen LogP contribution in [0.3, 0.4) is 0 Å². The lowest BCUT2D eigenvalue weighted by Gasteiger charge is -2.15. The molecule has 1 amide bonds. The number of quaternary nitrogens is 1. The molecule has 7 heteroatoms. The van der Waals surface area contributed by atoms with E-state index >= 15 is 0 Å². The van der Waals surface area contributed by atoms with E-state index in [9.17, 15) is 13.2 Å². The number of hydrogen-bond donors (Lipinski definition) is 2. The minimum atomic E-state index is -3.50. The van der Waals surface area contributed by atoms with Crippen LogP contribution in [0.15, 0.2) is 23.1 Å². The molecular weight excluding hydrogens is 302 g/mol. The van der Waals surface area contributed by atoms with E-state index in [0.29, 0.717) is 12.2 Å². The number of carbonyl (C=O) groups excluding carboxylic acids is 1. The predicted molar refractivity (Wildman–Crippen MR) is 85.5 cm³/mol. The second-order valence-electron chi connectivity index (χ2n) is 5.95. The third-order valence-electron chi connectivity index (χ3n) is 3.98. The maximum Gasteiger partial charge on any atom is 0.279 e. The standard InChI is InChI=1S/C15H23N3O3S/c1-12-6-7-13(22(20,21)17(2)3)10-14(12)16-15(19)11-18-8-4-5-9-18/h6-7,10H,4-5,8-9,11H2,1-3H3,(H,16,19)/p+1. The maximum absolute atomic E-state index is 12.2. The number of nitrogens with zero attached hydrogens (tertiary/aromatic N) is 1. The fourth-order valence-corrected chi connectivity index (χ4v) is 3.51. The monoisotopic (exact) mass is 326 g/mol. The van der Waals surface area contributed by atoms with Crippen molar-refractivity contribution < 1.29 is 18.1 Å². The number of carbonyl (C=O) groups is 1. The first kappa shape index (κ1) is 16.9. The summed E-state index contributed by atoms with van der Waals surface area (Å²) in [6.45, 7) is 4.34. The van der Waals surface area contributed by atoms with Crippen LogP contribution in [0.2, 0.25) is 0 Å². The number of amides is 1. The zero-order valence-corrected chi connectivity index (χ0v) is 14.2. The second kappa shape index (κ2) is 6.76. The van der Waals surface area contributed by atoms with E-state index < -0.39 is 10.0 Å². The molecule has 0 radical (unpaired) electrons. The van der Waals surface area contributed by atoms with Gasteiger partial charge in [0, 0.05) is 32.6 Å². The van der Waals surface area contributed by atoms with Gasteiger partial charge in [-0.3, -0.25) is 4.79 Å². The lowest BCUT2D eigenvalue weighted by atomic mass is 10.2. The van der Waals surface area contributed by atoms with Gasteiger partial charge in [0.15, 0.2) is 6.54 Å². The van der Waals surface area contributed by atoms with Crippen LogP contribution in [0, 0.1) is 6.92 Å². The van der Waals surface area contributed by atoms with Crippen LogP contribution in [-0.4, -0.2) is 52.4 Å². The third-order valence-corrected chi connectivity index (χ3v) is 5.79. The van der Waals surface area contributed by atoms with E-state index in [1.54, 1.807) is 12.1 Å². The van der Waals surface area contributed by atoms with E-state index in [0.717, 1.165) is 35.8 Å². The zero-order valence-electron chi connectivity index (χ0n) is 13.3. The van der Waals surface area contributed by atoms with Crippen LogP contribution in [0.25, 0.3) is 0 Å². The maximum atomic E-state index is 12.2. The molecule has 0 bridgehead atoms. The number of aryl methyl sites for hydroxylation is 1. The Morgan fingerprint density at radius 3 is 2.50 bits per heavy atom. The van der Waals surface area contributed by atoms with Gasteiger partial charge in [-0.1, -0.05) is 6.07 Å². The van der Waals surface area contributed by atoms with E-state index in [-0.39, 0.29) is 10.8 Å². The molecule has 1 aliphatic heterocycles. The molecule has 0 saturated carbocycles. The SMILES string of the molecule is Cc1ccc(S(=O)(=O)N(C)C)cc1NC(=O)C[NH+]1CCCC1. The second-order valence-corrected chi connectivity index (χ2v) is 8.10. The normalized spacial score (nSPS) is 16.2. The highest BCUT2D eigenvalue weighted by Gasteiger charge is 2.21. The minimum Gasteiger partial charge on any atom is -0.327 e. The van der Waals surface area contributed by atoms with E-state index in [1.165, 1.54) is 25.1 Å². The van der Waals surface area contributed by atoms with Crippen LogP contribution < -0.4 is 10.2 Å². The number of sulfonamides is 1. The number of likely N-dealkylation sites (tertiary alicyclic amines) is 1. The highest BCUT2D eigenvalue weighted by atomic mass is 32.2. The van der Waals surface area contributed by atoms with E-state index in [4.69, 9.17) is 0 Å². The van der Waals surface area contributed by atoms with Gasteiger partial charge in [0.25, 0.3) is 5.91 Å². The Kier molecular flexibility index (Phi) is 5.20. The zero-order chi connectivity index (χ0) is 16.3. The smallest absolute Gasteiger partial charge is 0.279 e. The Balaban J connectivity index is 2.15. The van der Waals surface area contributed by atoms with Crippen molar-refractivity contribution in [3.8, 4) is 0 Å². The Hall–Kier alpha value is -1.44. The molecular formula is C15H24N3O3S+. The first-order chi connectivity index (χ1) is 10.3. The molecule has 2 N–H and O–H groups in total. The van der Waals surface area contributed by atoms with Gasteiger partial charge in [0.1, 0.15) is 0 Å². The first-order valence-corrected chi connectivity index (χ1v) is 8.91. The summed E-state index contributed by atoms with van der Waals surface area (Å²) in [7, 11) is -0.517. The van der Waals surface area contributed by atoms with Crippen LogP contribution in [0.5, 0.6) is 0 Å². The number of rotatable bonds is 5. The summed E-state index contributed by atoms with van der Waals surface area (Å²) in [5, 5.41) is 2.85. The summed E-state index contributed by atoms with van der Waals surface area (Å²) in [6.07, 6.45) is 2.33. The van der Waals surface area contributed by atoms with Gasteiger partial charge < -0.3 is 10.2 Å². The molecule has 22 heavy (non-hydrogen) atoms. The van der Waals surface area contributed by atoms with E-state index in [1.807, 2.05) is 6.92 Å². The molecule has 2 rings (SSSR count). The summed E-state index contributed by atoms with van der Waals surface area (Å²) in [5.74, 6) is -0.0700. The molecule has 122 valence electrons. The number of hydrogen-bond acceptors (Lipinski definition) is 3. The lowest BCUT2D eigenvalue weighted by Crippen LogP contribution is -3.11. The van der Waals surface area contributed by atoms with Gasteiger partial charge in [0.2, 0.25) is 10.0 Å². The number of benzene rings is 1. The number of nitrogens with one attached hydrogen (secondary N) is 2. The van der Waals surface area contributed by atoms with Crippen LogP contribution in [-0.2, 0) is 14.8 Å². The predicted octanol–water partition coefficient (Wildman–Crippen LogP) is -0.137. The molecule has 1 aliphatic rings. The van der Waals surface area contributed by atoms with Gasteiger partial charge >= 0.3 is 0 Å². The van der Waals surface area contributed by atoms with E-state index in [2.05, 4.69) is 5.32 Å². The molecule has 0 aliphatic carbocycles. The van der Waals surface area contributed by atoms with Gasteiger partial charge in [-0.2, -0.15) is 0 Å². The largest absolute Gasteiger partial charge is 0.327 e. The molecule has 0 unspecified atom stereocenters. The third kappa shape index (κ3) is 3.85. The number of anilines is 1. The fraction of sp³-hybridized carbons (Fsp3) is 0.533. The van der Waals surface area contributed by atoms with Crippen molar-refractivity contribution in [3.05, 3.63) is 23.8 Å². The lowest BCUT2D eigenvalue weighted by molar-refractivity contribution is -0.878. The molecule has 1 fully saturated rings. The fourth-order valence-electron chi connectivity index (χ4n) is 2.58. The van der Waals surface area contributed by atoms with Crippen LogP contribution in [0.4, 0.5) is 5.69 Å². The summed E-state index contributed by atoms with van der Waals surface area (Å²) in [5.41, 5.74) is 1.41. The minimum absolute atomic E-state index is 0.0700. The molecule has 6 nitrogen and oxygen atoms in total. The van der Waals surface area contributed by atoms with Crippen molar-refractivity contribution in [3.63, 3.8) is 0 Å². The van der Waals surface area contributed by atoms with Crippen molar-refractivity contribution in [2.75, 3.05) is 39.0 Å². The summed E-state index contributed by atoms with van der Waals surface area (Å²) < 4.78 is 25.5. The van der Waals surface area contributed by atoms with Crippen LogP contribution in [0.1, 0.15) is 18.4 Å². The molecule has 0 spiro atoms. The molecule has 0 atom stereocenters. The summed E-state index contributed by atoms with van der Waals surface area (Å²) in [4.78, 5) is 13.6. The van der Waals surface area contributed by atoms with Crippen molar-refractivity contribution >= 4 is 21.6 Å². The van der Waals surface area contributed by atoms with Crippen molar-refractivity contribution in [1.82, 2.24) is 4.31 Å². The van der Waals surface area contributed by atoms with Crippen LogP contribution >= 0.6 is 0 Å². The van der Waals surface area contributed by atoms with Gasteiger partial charge in [-0.05, 0) is 24.6 Å². The summed E-state index contributed by atoms with van der Waals surface area (Å²) >= 11 is 0. The topological polar surface area (TPSA) is 70.9 Å². The van der Waals surface area contributed by atoms with Gasteiger partial charge in [-0.15, -0.1) is 0 Å². The first-order valence-electron chi connectivity index (χ1n) is 7.47. The summed E-state index contributed by atoms with van der Waals surface area (Å²) in [6, 6.07) is 4.81. The molecule has 1 heterocycles. The Bertz CT molecular complexity index is 650. The molecule has 0 aromatic heterocycles. The molecule has 1 aromatic carbocycles. The Morgan fingerprint density at radius 1 is 1.27 bits per heavy atom. The quantitative estimate of drug-likeness (QED) is 0.791. The van der Waals surface area contributed by atoms with Crippen molar-refractivity contribution in [2.45, 2.75) is 24.7 Å². The average molecular weight is 326 g/mol. The molecule has 1 saturated heterocycles. The highest BCUT2D eigenvalue weighted by Crippen LogP contribution is 2.21. The van der Waals surface area contributed by atoms with Gasteiger partial charge in [-0.25, -0.2) is 12.7 Å². The van der Waals surface area contributed by atoms with Crippen molar-refractivity contribution in [1.29, 1.82) is 0 Å². The highest BCUT2D eigenvalue weighted by molar-refractivity contribution is 7.89.